The maximum Gasteiger partial charge on any atom is 0.234 e. The summed E-state index contributed by atoms with van der Waals surface area (Å²) in [5, 5.41) is 5.85. The lowest BCUT2D eigenvalue weighted by Gasteiger charge is -2.30. The third kappa shape index (κ3) is 5.01. The molecule has 0 aromatic rings. The molecule has 0 heterocycles. The fourth-order valence-corrected chi connectivity index (χ4v) is 2.28. The van der Waals surface area contributed by atoms with Gasteiger partial charge in [-0.25, -0.2) is 0 Å². The van der Waals surface area contributed by atoms with Crippen LogP contribution in [0.2, 0.25) is 0 Å². The van der Waals surface area contributed by atoms with Crippen LogP contribution in [0.3, 0.4) is 0 Å². The molecule has 0 aromatic carbocycles. The summed E-state index contributed by atoms with van der Waals surface area (Å²) in [6.07, 6.45) is 3.65. The third-order valence-corrected chi connectivity index (χ3v) is 3.25. The van der Waals surface area contributed by atoms with Gasteiger partial charge in [0.1, 0.15) is 0 Å². The number of carbonyl (C=O) groups excluding carboxylic acids is 2. The number of nitrogens with one attached hydrogen (secondary N) is 2. The smallest absolute Gasteiger partial charge is 0.234 e. The quantitative estimate of drug-likeness (QED) is 0.530. The minimum absolute atomic E-state index is 0.0933. The third-order valence-electron chi connectivity index (χ3n) is 3.25. The number of primary amides is 1. The number of hydrogen-bond acceptors (Lipinski definition) is 4. The molecule has 0 radical (unpaired) electrons. The monoisotopic (exact) mass is 257 g/mol. The molecule has 0 aliphatic heterocycles. The van der Waals surface area contributed by atoms with Crippen molar-refractivity contribution in [3.63, 3.8) is 0 Å². The van der Waals surface area contributed by atoms with Crippen LogP contribution < -0.4 is 16.4 Å². The molecule has 1 fully saturated rings. The summed E-state index contributed by atoms with van der Waals surface area (Å²) < 4.78 is 4.87. The van der Waals surface area contributed by atoms with Gasteiger partial charge in [0.15, 0.2) is 0 Å². The highest BCUT2D eigenvalue weighted by Crippen LogP contribution is 2.23. The second-order valence-electron chi connectivity index (χ2n) is 4.64. The second-order valence-corrected chi connectivity index (χ2v) is 4.64. The fraction of sp³-hybridized carbons (Fsp3) is 0.833. The highest BCUT2D eigenvalue weighted by atomic mass is 16.5. The lowest BCUT2D eigenvalue weighted by Crippen LogP contribution is -2.49. The average Bonchev–Trinajstić information content (AvgIpc) is 2.35. The maximum absolute atomic E-state index is 11.7. The molecule has 0 aromatic heterocycles. The number of hydrogen-bond donors (Lipinski definition) is 3. The average molecular weight is 257 g/mol. The van der Waals surface area contributed by atoms with E-state index in [1.807, 2.05) is 0 Å². The second kappa shape index (κ2) is 8.05. The molecule has 6 nitrogen and oxygen atoms in total. The molecule has 0 bridgehead atoms. The van der Waals surface area contributed by atoms with Crippen LogP contribution in [0.1, 0.15) is 25.7 Å². The Hall–Kier alpha value is -1.14. The highest BCUT2D eigenvalue weighted by Gasteiger charge is 2.30. The van der Waals surface area contributed by atoms with Crippen LogP contribution in [0.4, 0.5) is 0 Å². The molecule has 18 heavy (non-hydrogen) atoms. The number of ether oxygens (including phenoxy) is 1. The Kier molecular flexibility index (Phi) is 6.67. The van der Waals surface area contributed by atoms with E-state index >= 15 is 0 Å². The van der Waals surface area contributed by atoms with Gasteiger partial charge in [0.05, 0.1) is 19.1 Å². The van der Waals surface area contributed by atoms with E-state index in [1.54, 1.807) is 7.11 Å². The summed E-state index contributed by atoms with van der Waals surface area (Å²) in [5.74, 6) is -0.627. The zero-order valence-corrected chi connectivity index (χ0v) is 10.9. The Labute approximate surface area is 108 Å². The van der Waals surface area contributed by atoms with Gasteiger partial charge >= 0.3 is 0 Å². The highest BCUT2D eigenvalue weighted by molar-refractivity contribution is 5.81. The molecule has 1 saturated carbocycles. The van der Waals surface area contributed by atoms with Crippen molar-refractivity contribution in [1.29, 1.82) is 0 Å². The van der Waals surface area contributed by atoms with Gasteiger partial charge in [-0.15, -0.1) is 0 Å². The largest absolute Gasteiger partial charge is 0.383 e. The number of methoxy groups -OCH3 is 1. The van der Waals surface area contributed by atoms with Gasteiger partial charge < -0.3 is 21.1 Å². The van der Waals surface area contributed by atoms with Crippen LogP contribution in [-0.4, -0.2) is 44.7 Å². The fourth-order valence-electron chi connectivity index (χ4n) is 2.28. The van der Waals surface area contributed by atoms with E-state index in [9.17, 15) is 9.59 Å². The summed E-state index contributed by atoms with van der Waals surface area (Å²) in [7, 11) is 1.61. The zero-order valence-electron chi connectivity index (χ0n) is 10.9. The maximum atomic E-state index is 11.7. The molecule has 2 amide bonds. The van der Waals surface area contributed by atoms with E-state index in [1.165, 1.54) is 0 Å². The summed E-state index contributed by atoms with van der Waals surface area (Å²) in [5.41, 5.74) is 5.35. The summed E-state index contributed by atoms with van der Waals surface area (Å²) in [6.45, 7) is 1.44. The SMILES string of the molecule is COCCNCC(=O)NC1CCCCC1C(N)=O. The van der Waals surface area contributed by atoms with E-state index in [-0.39, 0.29) is 30.3 Å². The van der Waals surface area contributed by atoms with Gasteiger partial charge in [-0.1, -0.05) is 12.8 Å². The molecule has 1 aliphatic carbocycles. The lowest BCUT2D eigenvalue weighted by atomic mass is 9.84. The molecule has 6 heteroatoms. The zero-order chi connectivity index (χ0) is 13.4. The minimum atomic E-state index is -0.313. The Morgan fingerprint density at radius 2 is 2.06 bits per heavy atom. The predicted octanol–water partition coefficient (Wildman–Crippen LogP) is -0.617. The van der Waals surface area contributed by atoms with E-state index in [0.29, 0.717) is 13.2 Å². The lowest BCUT2D eigenvalue weighted by molar-refractivity contribution is -0.125. The van der Waals surface area contributed by atoms with Crippen molar-refractivity contribution in [3.8, 4) is 0 Å². The molecule has 1 aliphatic rings. The van der Waals surface area contributed by atoms with Gasteiger partial charge in [-0.3, -0.25) is 9.59 Å². The molecule has 4 N–H and O–H groups in total. The molecular formula is C12H23N3O3. The van der Waals surface area contributed by atoms with Crippen LogP contribution in [-0.2, 0) is 14.3 Å². The normalized spacial score (nSPS) is 23.6. The van der Waals surface area contributed by atoms with Crippen LogP contribution in [0.15, 0.2) is 0 Å². The first-order chi connectivity index (χ1) is 8.65. The van der Waals surface area contributed by atoms with Crippen molar-refractivity contribution < 1.29 is 14.3 Å². The van der Waals surface area contributed by atoms with Gasteiger partial charge in [-0.05, 0) is 12.8 Å². The van der Waals surface area contributed by atoms with E-state index in [2.05, 4.69) is 10.6 Å². The van der Waals surface area contributed by atoms with Crippen LogP contribution in [0.5, 0.6) is 0 Å². The summed E-state index contributed by atoms with van der Waals surface area (Å²) in [6, 6.07) is -0.104. The minimum Gasteiger partial charge on any atom is -0.383 e. The summed E-state index contributed by atoms with van der Waals surface area (Å²) in [4.78, 5) is 23.0. The van der Waals surface area contributed by atoms with Crippen molar-refractivity contribution >= 4 is 11.8 Å². The molecular weight excluding hydrogens is 234 g/mol. The van der Waals surface area contributed by atoms with E-state index in [0.717, 1.165) is 25.7 Å². The van der Waals surface area contributed by atoms with Gasteiger partial charge in [0.2, 0.25) is 11.8 Å². The Balaban J connectivity index is 2.30. The van der Waals surface area contributed by atoms with Crippen molar-refractivity contribution in [2.75, 3.05) is 26.8 Å². The standard InChI is InChI=1S/C12H23N3O3/c1-18-7-6-14-8-11(16)15-10-5-3-2-4-9(10)12(13)17/h9-10,14H,2-8H2,1H3,(H2,13,17)(H,15,16). The summed E-state index contributed by atoms with van der Waals surface area (Å²) >= 11 is 0. The van der Waals surface area contributed by atoms with Crippen LogP contribution >= 0.6 is 0 Å². The molecule has 104 valence electrons. The van der Waals surface area contributed by atoms with E-state index in [4.69, 9.17) is 10.5 Å². The van der Waals surface area contributed by atoms with E-state index < -0.39 is 0 Å². The first-order valence-corrected chi connectivity index (χ1v) is 6.43. The van der Waals surface area contributed by atoms with Crippen LogP contribution in [0.25, 0.3) is 0 Å². The first kappa shape index (κ1) is 14.9. The van der Waals surface area contributed by atoms with Crippen molar-refractivity contribution in [2.24, 2.45) is 11.7 Å². The molecule has 2 unspecified atom stereocenters. The van der Waals surface area contributed by atoms with Crippen molar-refractivity contribution in [1.82, 2.24) is 10.6 Å². The number of nitrogens with two attached hydrogens (primary N) is 1. The first-order valence-electron chi connectivity index (χ1n) is 6.43. The Bertz CT molecular complexity index is 284. The molecule has 2 atom stereocenters. The van der Waals surface area contributed by atoms with Gasteiger partial charge in [0, 0.05) is 19.7 Å². The van der Waals surface area contributed by atoms with Crippen LogP contribution in [0, 0.1) is 5.92 Å². The molecule has 0 saturated heterocycles. The van der Waals surface area contributed by atoms with Crippen molar-refractivity contribution in [2.45, 2.75) is 31.7 Å². The topological polar surface area (TPSA) is 93.4 Å². The number of amides is 2. The van der Waals surface area contributed by atoms with Crippen molar-refractivity contribution in [3.05, 3.63) is 0 Å². The Morgan fingerprint density at radius 3 is 2.72 bits per heavy atom. The Morgan fingerprint density at radius 1 is 1.33 bits per heavy atom. The molecule has 1 rings (SSSR count). The number of carbonyl (C=O) groups is 2. The van der Waals surface area contributed by atoms with Gasteiger partial charge in [0.25, 0.3) is 0 Å². The predicted molar refractivity (Wildman–Crippen MR) is 67.8 cm³/mol. The molecule has 0 spiro atoms. The number of rotatable bonds is 7. The van der Waals surface area contributed by atoms with Gasteiger partial charge in [-0.2, -0.15) is 0 Å².